The zero-order valence-electron chi connectivity index (χ0n) is 10.1. The van der Waals surface area contributed by atoms with E-state index in [0.29, 0.717) is 12.3 Å². The number of fused-ring (bicyclic) bond motifs is 1. The minimum absolute atomic E-state index is 0.452. The van der Waals surface area contributed by atoms with Crippen LogP contribution in [0, 0.1) is 17.2 Å². The van der Waals surface area contributed by atoms with E-state index in [1.54, 1.807) is 0 Å². The van der Waals surface area contributed by atoms with E-state index in [9.17, 15) is 0 Å². The van der Waals surface area contributed by atoms with Crippen LogP contribution in [-0.4, -0.2) is 4.98 Å². The SMILES string of the molecule is CC(CC#N)CCc1cc2ccccc2cn1. The summed E-state index contributed by atoms with van der Waals surface area (Å²) in [6.07, 6.45) is 4.54. The van der Waals surface area contributed by atoms with E-state index in [1.165, 1.54) is 10.8 Å². The highest BCUT2D eigenvalue weighted by molar-refractivity contribution is 5.81. The lowest BCUT2D eigenvalue weighted by Crippen LogP contribution is -1.98. The molecule has 0 N–H and O–H groups in total. The first-order valence-corrected chi connectivity index (χ1v) is 6.00. The molecule has 0 bridgehead atoms. The quantitative estimate of drug-likeness (QED) is 0.793. The molecule has 17 heavy (non-hydrogen) atoms. The minimum Gasteiger partial charge on any atom is -0.261 e. The van der Waals surface area contributed by atoms with Gasteiger partial charge in [-0.2, -0.15) is 5.26 Å². The molecule has 2 rings (SSSR count). The summed E-state index contributed by atoms with van der Waals surface area (Å²) in [5.74, 6) is 0.452. The van der Waals surface area contributed by atoms with Crippen molar-refractivity contribution in [3.05, 3.63) is 42.2 Å². The molecule has 0 aliphatic heterocycles. The average Bonchev–Trinajstić information content (AvgIpc) is 2.36. The molecule has 2 aromatic rings. The lowest BCUT2D eigenvalue weighted by atomic mass is 10.0. The third-order valence-corrected chi connectivity index (χ3v) is 3.02. The monoisotopic (exact) mass is 224 g/mol. The Hall–Kier alpha value is -1.88. The Morgan fingerprint density at radius 3 is 2.82 bits per heavy atom. The maximum atomic E-state index is 8.61. The first-order valence-electron chi connectivity index (χ1n) is 6.00. The van der Waals surface area contributed by atoms with Gasteiger partial charge in [0.15, 0.2) is 0 Å². The van der Waals surface area contributed by atoms with Crippen molar-refractivity contribution in [1.29, 1.82) is 5.26 Å². The predicted molar refractivity (Wildman–Crippen MR) is 69.5 cm³/mol. The Kier molecular flexibility index (Phi) is 3.72. The number of aromatic nitrogens is 1. The summed E-state index contributed by atoms with van der Waals surface area (Å²) >= 11 is 0. The number of hydrogen-bond acceptors (Lipinski definition) is 2. The first kappa shape index (κ1) is 11.6. The van der Waals surface area contributed by atoms with E-state index < -0.39 is 0 Å². The predicted octanol–water partition coefficient (Wildman–Crippen LogP) is 3.72. The number of aryl methyl sites for hydroxylation is 1. The van der Waals surface area contributed by atoms with Crippen molar-refractivity contribution in [2.75, 3.05) is 0 Å². The molecule has 0 amide bonds. The second-order valence-corrected chi connectivity index (χ2v) is 4.53. The van der Waals surface area contributed by atoms with E-state index in [1.807, 2.05) is 18.3 Å². The summed E-state index contributed by atoms with van der Waals surface area (Å²) in [6, 6.07) is 12.6. The van der Waals surface area contributed by atoms with Crippen LogP contribution >= 0.6 is 0 Å². The molecule has 0 aliphatic rings. The van der Waals surface area contributed by atoms with Gasteiger partial charge >= 0.3 is 0 Å². The van der Waals surface area contributed by atoms with Crippen LogP contribution in [0.1, 0.15) is 25.5 Å². The van der Waals surface area contributed by atoms with Crippen LogP contribution in [0.3, 0.4) is 0 Å². The summed E-state index contributed by atoms with van der Waals surface area (Å²) in [5.41, 5.74) is 1.12. The molecular weight excluding hydrogens is 208 g/mol. The van der Waals surface area contributed by atoms with Gasteiger partial charge in [-0.1, -0.05) is 31.2 Å². The van der Waals surface area contributed by atoms with E-state index in [-0.39, 0.29) is 0 Å². The van der Waals surface area contributed by atoms with Gasteiger partial charge in [0.2, 0.25) is 0 Å². The van der Waals surface area contributed by atoms with Gasteiger partial charge in [0, 0.05) is 23.7 Å². The molecular formula is C15H16N2. The van der Waals surface area contributed by atoms with Gasteiger partial charge < -0.3 is 0 Å². The normalized spacial score (nSPS) is 12.2. The van der Waals surface area contributed by atoms with Gasteiger partial charge in [0.05, 0.1) is 6.07 Å². The summed E-state index contributed by atoms with van der Waals surface area (Å²) in [4.78, 5) is 4.46. The average molecular weight is 224 g/mol. The Balaban J connectivity index is 2.07. The van der Waals surface area contributed by atoms with Gasteiger partial charge in [0.25, 0.3) is 0 Å². The molecule has 1 unspecified atom stereocenters. The molecule has 0 saturated heterocycles. The van der Waals surface area contributed by atoms with Crippen LogP contribution in [-0.2, 0) is 6.42 Å². The van der Waals surface area contributed by atoms with Crippen LogP contribution in [0.4, 0.5) is 0 Å². The molecule has 1 aromatic carbocycles. The maximum absolute atomic E-state index is 8.61. The summed E-state index contributed by atoms with van der Waals surface area (Å²) in [6.45, 7) is 2.12. The van der Waals surface area contributed by atoms with Gasteiger partial charge in [-0.15, -0.1) is 0 Å². The second kappa shape index (κ2) is 5.45. The number of nitrogens with zero attached hydrogens (tertiary/aromatic N) is 2. The van der Waals surface area contributed by atoms with E-state index in [0.717, 1.165) is 18.5 Å². The summed E-state index contributed by atoms with van der Waals surface area (Å²) < 4.78 is 0. The van der Waals surface area contributed by atoms with E-state index in [2.05, 4.69) is 36.2 Å². The van der Waals surface area contributed by atoms with Crippen LogP contribution in [0.2, 0.25) is 0 Å². The van der Waals surface area contributed by atoms with Crippen molar-refractivity contribution in [3.63, 3.8) is 0 Å². The van der Waals surface area contributed by atoms with Crippen LogP contribution in [0.5, 0.6) is 0 Å². The zero-order valence-corrected chi connectivity index (χ0v) is 10.1. The second-order valence-electron chi connectivity index (χ2n) is 4.53. The number of pyridine rings is 1. The van der Waals surface area contributed by atoms with E-state index >= 15 is 0 Å². The minimum atomic E-state index is 0.452. The van der Waals surface area contributed by atoms with Gasteiger partial charge in [-0.25, -0.2) is 0 Å². The third-order valence-electron chi connectivity index (χ3n) is 3.02. The van der Waals surface area contributed by atoms with Gasteiger partial charge in [-0.05, 0) is 30.2 Å². The number of benzene rings is 1. The molecule has 0 fully saturated rings. The fraction of sp³-hybridized carbons (Fsp3) is 0.333. The first-order chi connectivity index (χ1) is 8.29. The van der Waals surface area contributed by atoms with Gasteiger partial charge in [0.1, 0.15) is 0 Å². The molecule has 1 atom stereocenters. The van der Waals surface area contributed by atoms with E-state index in [4.69, 9.17) is 5.26 Å². The molecule has 86 valence electrons. The molecule has 2 nitrogen and oxygen atoms in total. The lowest BCUT2D eigenvalue weighted by Gasteiger charge is -2.06. The van der Waals surface area contributed by atoms with Crippen molar-refractivity contribution in [1.82, 2.24) is 4.98 Å². The standard InChI is InChI=1S/C15H16N2/c1-12(8-9-16)6-7-15-10-13-4-2-3-5-14(13)11-17-15/h2-5,10-12H,6-8H2,1H3. The molecule has 0 saturated carbocycles. The van der Waals surface area contributed by atoms with Crippen molar-refractivity contribution in [2.24, 2.45) is 5.92 Å². The molecule has 1 heterocycles. The molecule has 0 radical (unpaired) electrons. The molecule has 1 aromatic heterocycles. The largest absolute Gasteiger partial charge is 0.261 e. The Morgan fingerprint density at radius 2 is 2.06 bits per heavy atom. The number of nitriles is 1. The Bertz CT molecular complexity index is 540. The highest BCUT2D eigenvalue weighted by Crippen LogP contribution is 2.16. The Labute approximate surface area is 102 Å². The van der Waals surface area contributed by atoms with Crippen LogP contribution in [0.25, 0.3) is 10.8 Å². The van der Waals surface area contributed by atoms with Crippen molar-refractivity contribution < 1.29 is 0 Å². The topological polar surface area (TPSA) is 36.7 Å². The van der Waals surface area contributed by atoms with Crippen molar-refractivity contribution >= 4 is 10.8 Å². The molecule has 2 heteroatoms. The summed E-state index contributed by atoms with van der Waals surface area (Å²) in [5, 5.41) is 11.0. The fourth-order valence-electron chi connectivity index (χ4n) is 1.92. The third kappa shape index (κ3) is 3.04. The zero-order chi connectivity index (χ0) is 12.1. The number of hydrogen-bond donors (Lipinski definition) is 0. The highest BCUT2D eigenvalue weighted by Gasteiger charge is 2.03. The lowest BCUT2D eigenvalue weighted by molar-refractivity contribution is 0.542. The van der Waals surface area contributed by atoms with Crippen molar-refractivity contribution in [2.45, 2.75) is 26.2 Å². The summed E-state index contributed by atoms with van der Waals surface area (Å²) in [7, 11) is 0. The maximum Gasteiger partial charge on any atom is 0.0624 e. The highest BCUT2D eigenvalue weighted by atomic mass is 14.7. The Morgan fingerprint density at radius 1 is 1.29 bits per heavy atom. The van der Waals surface area contributed by atoms with Crippen molar-refractivity contribution in [3.8, 4) is 6.07 Å². The van der Waals surface area contributed by atoms with Gasteiger partial charge in [-0.3, -0.25) is 4.98 Å². The molecule has 0 aliphatic carbocycles. The number of rotatable bonds is 4. The van der Waals surface area contributed by atoms with Crippen LogP contribution in [0.15, 0.2) is 36.5 Å². The van der Waals surface area contributed by atoms with Crippen LogP contribution < -0.4 is 0 Å². The molecule has 0 spiro atoms. The smallest absolute Gasteiger partial charge is 0.0624 e. The fourth-order valence-corrected chi connectivity index (χ4v) is 1.92.